The number of benzene rings is 2. The van der Waals surface area contributed by atoms with Gasteiger partial charge in [0, 0.05) is 31.3 Å². The van der Waals surface area contributed by atoms with Crippen molar-refractivity contribution in [1.29, 1.82) is 0 Å². The molecule has 1 atom stereocenters. The van der Waals surface area contributed by atoms with Crippen LogP contribution in [-0.2, 0) is 18.4 Å². The van der Waals surface area contributed by atoms with Crippen LogP contribution in [0.1, 0.15) is 22.3 Å². The van der Waals surface area contributed by atoms with Crippen molar-refractivity contribution in [3.05, 3.63) is 71.8 Å². The van der Waals surface area contributed by atoms with Crippen molar-refractivity contribution in [2.45, 2.75) is 19.0 Å². The summed E-state index contributed by atoms with van der Waals surface area (Å²) in [6, 6.07) is 12.5. The average molecular weight is 393 g/mol. The fourth-order valence-electron chi connectivity index (χ4n) is 3.32. The number of aryl methyl sites for hydroxylation is 1. The first-order valence-electron chi connectivity index (χ1n) is 9.30. The van der Waals surface area contributed by atoms with E-state index in [-0.39, 0.29) is 17.6 Å². The molecule has 0 saturated carbocycles. The van der Waals surface area contributed by atoms with Crippen molar-refractivity contribution in [2.24, 2.45) is 7.05 Å². The van der Waals surface area contributed by atoms with Crippen LogP contribution in [-0.4, -0.2) is 44.1 Å². The maximum Gasteiger partial charge on any atom is 0.251 e. The lowest BCUT2D eigenvalue weighted by atomic mass is 10.1. The van der Waals surface area contributed by atoms with Crippen molar-refractivity contribution in [3.8, 4) is 11.4 Å². The fraction of sp³-hybridized carbons (Fsp3) is 0.238. The summed E-state index contributed by atoms with van der Waals surface area (Å²) >= 11 is 0. The van der Waals surface area contributed by atoms with Crippen LogP contribution < -0.4 is 5.32 Å². The van der Waals surface area contributed by atoms with Crippen molar-refractivity contribution in [2.75, 3.05) is 6.54 Å². The average Bonchev–Trinajstić information content (AvgIpc) is 3.30. The summed E-state index contributed by atoms with van der Waals surface area (Å²) in [7, 11) is 1.79. The highest BCUT2D eigenvalue weighted by Crippen LogP contribution is 2.18. The number of carbonyl (C=O) groups excluding carboxylic acids is 2. The fourth-order valence-corrected chi connectivity index (χ4v) is 3.32. The lowest BCUT2D eigenvalue weighted by Gasteiger charge is -2.17. The Labute approximate surface area is 167 Å². The van der Waals surface area contributed by atoms with Gasteiger partial charge in [-0.05, 0) is 36.2 Å². The summed E-state index contributed by atoms with van der Waals surface area (Å²) < 4.78 is 14.6. The highest BCUT2D eigenvalue weighted by Gasteiger charge is 2.32. The van der Waals surface area contributed by atoms with E-state index in [2.05, 4.69) is 15.4 Å². The lowest BCUT2D eigenvalue weighted by molar-refractivity contribution is -0.129. The van der Waals surface area contributed by atoms with Gasteiger partial charge in [-0.1, -0.05) is 24.3 Å². The predicted molar refractivity (Wildman–Crippen MR) is 104 cm³/mol. The highest BCUT2D eigenvalue weighted by molar-refractivity contribution is 5.98. The standard InChI is InChI=1S/C21H20FN5O2/c1-26-13-23-19(25-26)15-4-6-16(7-5-15)20(28)24-18-10-11-27(21(18)29)12-14-2-8-17(22)9-3-14/h2-9,13,18H,10-12H2,1H3,(H,24,28). The minimum Gasteiger partial charge on any atom is -0.340 e. The molecule has 1 aliphatic heterocycles. The van der Waals surface area contributed by atoms with E-state index in [1.54, 1.807) is 59.4 Å². The van der Waals surface area contributed by atoms with Gasteiger partial charge in [0.1, 0.15) is 18.2 Å². The molecule has 1 N–H and O–H groups in total. The van der Waals surface area contributed by atoms with Crippen LogP contribution in [0.15, 0.2) is 54.9 Å². The van der Waals surface area contributed by atoms with Crippen LogP contribution >= 0.6 is 0 Å². The second kappa shape index (κ2) is 7.83. The molecule has 2 amide bonds. The largest absolute Gasteiger partial charge is 0.340 e. The molecule has 1 unspecified atom stereocenters. The molecule has 29 heavy (non-hydrogen) atoms. The summed E-state index contributed by atoms with van der Waals surface area (Å²) in [5.74, 6) is -0.150. The van der Waals surface area contributed by atoms with E-state index in [1.165, 1.54) is 12.1 Å². The molecule has 0 radical (unpaired) electrons. The Kier molecular flexibility index (Phi) is 5.07. The molecule has 0 aliphatic carbocycles. The van der Waals surface area contributed by atoms with E-state index in [0.29, 0.717) is 30.9 Å². The smallest absolute Gasteiger partial charge is 0.251 e. The maximum absolute atomic E-state index is 13.0. The molecule has 0 bridgehead atoms. The summed E-state index contributed by atoms with van der Waals surface area (Å²) in [4.78, 5) is 31.0. The van der Waals surface area contributed by atoms with Crippen LogP contribution in [0.2, 0.25) is 0 Å². The van der Waals surface area contributed by atoms with Crippen molar-refractivity contribution >= 4 is 11.8 Å². The zero-order valence-corrected chi connectivity index (χ0v) is 15.9. The summed E-state index contributed by atoms with van der Waals surface area (Å²) in [6.45, 7) is 0.947. The first-order chi connectivity index (χ1) is 14.0. The van der Waals surface area contributed by atoms with Gasteiger partial charge in [-0.3, -0.25) is 14.3 Å². The monoisotopic (exact) mass is 393 g/mol. The van der Waals surface area contributed by atoms with Gasteiger partial charge in [-0.2, -0.15) is 5.10 Å². The third-order valence-corrected chi connectivity index (χ3v) is 4.89. The molecule has 7 nitrogen and oxygen atoms in total. The number of nitrogens with one attached hydrogen (secondary N) is 1. The Morgan fingerprint density at radius 2 is 1.90 bits per heavy atom. The van der Waals surface area contributed by atoms with E-state index >= 15 is 0 Å². The van der Waals surface area contributed by atoms with Gasteiger partial charge in [-0.25, -0.2) is 9.37 Å². The minimum atomic E-state index is -0.555. The number of amides is 2. The number of nitrogens with zero attached hydrogens (tertiary/aromatic N) is 4. The van der Waals surface area contributed by atoms with Gasteiger partial charge in [-0.15, -0.1) is 0 Å². The van der Waals surface area contributed by atoms with Gasteiger partial charge in [0.2, 0.25) is 5.91 Å². The normalized spacial score (nSPS) is 16.3. The van der Waals surface area contributed by atoms with Crippen molar-refractivity contribution in [1.82, 2.24) is 25.0 Å². The van der Waals surface area contributed by atoms with E-state index in [1.807, 2.05) is 0 Å². The molecule has 4 rings (SSSR count). The molecular weight excluding hydrogens is 373 g/mol. The number of hydrogen-bond acceptors (Lipinski definition) is 4. The Balaban J connectivity index is 1.37. The quantitative estimate of drug-likeness (QED) is 0.720. The van der Waals surface area contributed by atoms with E-state index in [4.69, 9.17) is 0 Å². The van der Waals surface area contributed by atoms with E-state index < -0.39 is 6.04 Å². The molecule has 148 valence electrons. The number of aromatic nitrogens is 3. The molecule has 8 heteroatoms. The molecule has 3 aromatic rings. The lowest BCUT2D eigenvalue weighted by Crippen LogP contribution is -2.41. The molecular formula is C21H20FN5O2. The number of halogens is 1. The Hall–Kier alpha value is -3.55. The van der Waals surface area contributed by atoms with E-state index in [9.17, 15) is 14.0 Å². The Morgan fingerprint density at radius 3 is 2.55 bits per heavy atom. The molecule has 1 aliphatic rings. The van der Waals surface area contributed by atoms with Crippen LogP contribution in [0.3, 0.4) is 0 Å². The summed E-state index contributed by atoms with van der Waals surface area (Å²) in [5.41, 5.74) is 2.13. The van der Waals surface area contributed by atoms with Gasteiger partial charge in [0.15, 0.2) is 5.82 Å². The first-order valence-corrected chi connectivity index (χ1v) is 9.30. The van der Waals surface area contributed by atoms with Gasteiger partial charge < -0.3 is 10.2 Å². The molecule has 2 aromatic carbocycles. The van der Waals surface area contributed by atoms with Crippen molar-refractivity contribution in [3.63, 3.8) is 0 Å². The van der Waals surface area contributed by atoms with Crippen LogP contribution in [0.25, 0.3) is 11.4 Å². The number of hydrogen-bond donors (Lipinski definition) is 1. The second-order valence-electron chi connectivity index (χ2n) is 7.02. The summed E-state index contributed by atoms with van der Waals surface area (Å²) in [5, 5.41) is 7.04. The van der Waals surface area contributed by atoms with Crippen molar-refractivity contribution < 1.29 is 14.0 Å². The molecule has 0 spiro atoms. The van der Waals surface area contributed by atoms with Crippen LogP contribution in [0.5, 0.6) is 0 Å². The zero-order valence-electron chi connectivity index (χ0n) is 15.9. The first kappa shape index (κ1) is 18.8. The van der Waals surface area contributed by atoms with Crippen LogP contribution in [0, 0.1) is 5.82 Å². The Morgan fingerprint density at radius 1 is 1.17 bits per heavy atom. The summed E-state index contributed by atoms with van der Waals surface area (Å²) in [6.07, 6.45) is 2.15. The molecule has 1 saturated heterocycles. The predicted octanol–water partition coefficient (Wildman–Crippen LogP) is 2.15. The van der Waals surface area contributed by atoms with Gasteiger partial charge >= 0.3 is 0 Å². The van der Waals surface area contributed by atoms with Crippen LogP contribution in [0.4, 0.5) is 4.39 Å². The third-order valence-electron chi connectivity index (χ3n) is 4.89. The van der Waals surface area contributed by atoms with Gasteiger partial charge in [0.05, 0.1) is 0 Å². The maximum atomic E-state index is 13.0. The number of likely N-dealkylation sites (tertiary alicyclic amines) is 1. The Bertz CT molecular complexity index is 1030. The molecule has 1 aromatic heterocycles. The third kappa shape index (κ3) is 4.16. The topological polar surface area (TPSA) is 80.1 Å². The molecule has 1 fully saturated rings. The second-order valence-corrected chi connectivity index (χ2v) is 7.02. The minimum absolute atomic E-state index is 0.128. The van der Waals surface area contributed by atoms with E-state index in [0.717, 1.165) is 11.1 Å². The SMILES string of the molecule is Cn1cnc(-c2ccc(C(=O)NC3CCN(Cc4ccc(F)cc4)C3=O)cc2)n1. The number of carbonyl (C=O) groups is 2. The van der Waals surface area contributed by atoms with Gasteiger partial charge in [0.25, 0.3) is 5.91 Å². The highest BCUT2D eigenvalue weighted by atomic mass is 19.1. The zero-order chi connectivity index (χ0) is 20.4. The number of rotatable bonds is 5. The molecule has 2 heterocycles.